The molecule has 0 fully saturated rings. The minimum absolute atomic E-state index is 0.208. The topological polar surface area (TPSA) is 87.6 Å². The van der Waals surface area contributed by atoms with Gasteiger partial charge in [-0.05, 0) is 44.4 Å². The summed E-state index contributed by atoms with van der Waals surface area (Å²) in [5.74, 6) is -0.542. The van der Waals surface area contributed by atoms with E-state index in [9.17, 15) is 13.2 Å². The second-order valence-electron chi connectivity index (χ2n) is 6.26. The van der Waals surface area contributed by atoms with Gasteiger partial charge in [0, 0.05) is 0 Å². The average molecular weight is 373 g/mol. The number of amides is 1. The van der Waals surface area contributed by atoms with Crippen LogP contribution in [0.3, 0.4) is 0 Å². The third-order valence-electron chi connectivity index (χ3n) is 3.74. The molecule has 0 aliphatic carbocycles. The second kappa shape index (κ2) is 8.25. The van der Waals surface area contributed by atoms with Crippen LogP contribution in [0.25, 0.3) is 0 Å². The van der Waals surface area contributed by atoms with Crippen molar-refractivity contribution < 1.29 is 13.2 Å². The largest absolute Gasteiger partial charge is 0.272 e. The zero-order valence-electron chi connectivity index (χ0n) is 15.3. The van der Waals surface area contributed by atoms with E-state index in [0.29, 0.717) is 11.1 Å². The van der Waals surface area contributed by atoms with Crippen molar-refractivity contribution in [2.24, 2.45) is 5.10 Å². The summed E-state index contributed by atoms with van der Waals surface area (Å²) in [7, 11) is -3.78. The number of hydrazone groups is 1. The van der Waals surface area contributed by atoms with Gasteiger partial charge in [0.05, 0.1) is 17.7 Å². The number of rotatable bonds is 6. The molecule has 2 rings (SSSR count). The molecule has 0 aliphatic rings. The molecule has 0 saturated carbocycles. The molecule has 0 unspecified atom stereocenters. The van der Waals surface area contributed by atoms with Crippen molar-refractivity contribution in [3.8, 4) is 0 Å². The molecule has 138 valence electrons. The first-order valence-corrected chi connectivity index (χ1v) is 9.63. The zero-order chi connectivity index (χ0) is 19.3. The van der Waals surface area contributed by atoms with Crippen LogP contribution in [0.15, 0.2) is 46.4 Å². The summed E-state index contributed by atoms with van der Waals surface area (Å²) in [6.07, 6.45) is 1.51. The van der Waals surface area contributed by atoms with Crippen LogP contribution in [0.2, 0.25) is 0 Å². The van der Waals surface area contributed by atoms with Crippen LogP contribution >= 0.6 is 0 Å². The average Bonchev–Trinajstić information content (AvgIpc) is 2.52. The van der Waals surface area contributed by atoms with Crippen molar-refractivity contribution in [1.29, 1.82) is 0 Å². The van der Waals surface area contributed by atoms with E-state index in [1.165, 1.54) is 6.21 Å². The van der Waals surface area contributed by atoms with Crippen molar-refractivity contribution >= 4 is 22.1 Å². The Morgan fingerprint density at radius 2 is 1.69 bits per heavy atom. The molecule has 0 aliphatic heterocycles. The van der Waals surface area contributed by atoms with Crippen LogP contribution in [0, 0.1) is 27.7 Å². The molecule has 0 radical (unpaired) electrons. The molecule has 0 bridgehead atoms. The number of benzene rings is 2. The number of nitrogens with zero attached hydrogens (tertiary/aromatic N) is 1. The van der Waals surface area contributed by atoms with Crippen LogP contribution in [0.4, 0.5) is 0 Å². The lowest BCUT2D eigenvalue weighted by atomic mass is 10.1. The fourth-order valence-corrected chi connectivity index (χ4v) is 4.22. The van der Waals surface area contributed by atoms with E-state index in [4.69, 9.17) is 0 Å². The van der Waals surface area contributed by atoms with Gasteiger partial charge in [-0.25, -0.2) is 18.6 Å². The number of carbonyl (C=O) groups is 1. The lowest BCUT2D eigenvalue weighted by Crippen LogP contribution is -2.35. The van der Waals surface area contributed by atoms with Gasteiger partial charge in [-0.3, -0.25) is 4.79 Å². The van der Waals surface area contributed by atoms with Crippen molar-refractivity contribution in [2.45, 2.75) is 32.6 Å². The molecular weight excluding hydrogens is 350 g/mol. The third-order valence-corrected chi connectivity index (χ3v) is 5.45. The first kappa shape index (κ1) is 19.8. The Morgan fingerprint density at radius 3 is 2.31 bits per heavy atom. The molecule has 0 aromatic heterocycles. The molecule has 2 aromatic rings. The molecular formula is C19H23N3O3S. The molecule has 2 aromatic carbocycles. The van der Waals surface area contributed by atoms with Crippen LogP contribution < -0.4 is 10.1 Å². The van der Waals surface area contributed by atoms with Crippen LogP contribution in [0.1, 0.15) is 27.8 Å². The van der Waals surface area contributed by atoms with Crippen molar-refractivity contribution in [1.82, 2.24) is 10.1 Å². The van der Waals surface area contributed by atoms with Gasteiger partial charge in [-0.15, -0.1) is 0 Å². The van der Waals surface area contributed by atoms with E-state index < -0.39 is 15.9 Å². The molecule has 26 heavy (non-hydrogen) atoms. The smallest absolute Gasteiger partial charge is 0.255 e. The minimum Gasteiger partial charge on any atom is -0.272 e. The van der Waals surface area contributed by atoms with Crippen LogP contribution in [0.5, 0.6) is 0 Å². The van der Waals surface area contributed by atoms with Gasteiger partial charge in [0.15, 0.2) is 0 Å². The fourth-order valence-electron chi connectivity index (χ4n) is 2.79. The fraction of sp³-hybridized carbons (Fsp3) is 0.263. The maximum absolute atomic E-state index is 12.5. The first-order chi connectivity index (χ1) is 12.2. The number of carbonyl (C=O) groups excluding carboxylic acids is 1. The summed E-state index contributed by atoms with van der Waals surface area (Å²) in [5.41, 5.74) is 6.52. The SMILES string of the molecule is Cc1cccc(/C=N\NC(=O)CNS(=O)(=O)c2c(C)cc(C)cc2C)c1. The van der Waals surface area contributed by atoms with Crippen LogP contribution in [-0.2, 0) is 14.8 Å². The maximum Gasteiger partial charge on any atom is 0.255 e. The van der Waals surface area contributed by atoms with E-state index >= 15 is 0 Å². The highest BCUT2D eigenvalue weighted by Crippen LogP contribution is 2.21. The number of hydrogen-bond acceptors (Lipinski definition) is 4. The van der Waals surface area contributed by atoms with Gasteiger partial charge < -0.3 is 0 Å². The monoisotopic (exact) mass is 373 g/mol. The van der Waals surface area contributed by atoms with Gasteiger partial charge in [0.25, 0.3) is 5.91 Å². The predicted molar refractivity (Wildman–Crippen MR) is 103 cm³/mol. The third kappa shape index (κ3) is 5.24. The van der Waals surface area contributed by atoms with Gasteiger partial charge in [-0.2, -0.15) is 5.10 Å². The summed E-state index contributed by atoms with van der Waals surface area (Å²) in [4.78, 5) is 12.1. The highest BCUT2D eigenvalue weighted by Gasteiger charge is 2.20. The Hall–Kier alpha value is -2.51. The normalized spacial score (nSPS) is 11.7. The summed E-state index contributed by atoms with van der Waals surface area (Å²) in [6, 6.07) is 11.2. The molecule has 2 N–H and O–H groups in total. The van der Waals surface area contributed by atoms with Crippen molar-refractivity contribution in [2.75, 3.05) is 6.54 Å². The Balaban J connectivity index is 1.98. The molecule has 0 saturated heterocycles. The molecule has 1 amide bonds. The van der Waals surface area contributed by atoms with E-state index in [1.54, 1.807) is 26.0 Å². The van der Waals surface area contributed by atoms with Crippen molar-refractivity contribution in [3.63, 3.8) is 0 Å². The van der Waals surface area contributed by atoms with Crippen LogP contribution in [-0.4, -0.2) is 27.1 Å². The molecule has 6 nitrogen and oxygen atoms in total. The Labute approximate surface area is 154 Å². The Kier molecular flexibility index (Phi) is 6.28. The first-order valence-electron chi connectivity index (χ1n) is 8.15. The summed E-state index contributed by atoms with van der Waals surface area (Å²) in [5, 5.41) is 3.84. The van der Waals surface area contributed by atoms with Gasteiger partial charge in [0.2, 0.25) is 10.0 Å². The van der Waals surface area contributed by atoms with E-state index in [1.807, 2.05) is 38.1 Å². The molecule has 0 spiro atoms. The number of hydrogen-bond donors (Lipinski definition) is 2. The quantitative estimate of drug-likeness (QED) is 0.602. The molecule has 0 atom stereocenters. The van der Waals surface area contributed by atoms with Gasteiger partial charge >= 0.3 is 0 Å². The second-order valence-corrected chi connectivity index (χ2v) is 7.96. The van der Waals surface area contributed by atoms with Gasteiger partial charge in [0.1, 0.15) is 0 Å². The standard InChI is InChI=1S/C19H23N3O3S/c1-13-6-5-7-17(10-13)11-20-22-18(23)12-21-26(24,25)19-15(3)8-14(2)9-16(19)4/h5-11,21H,12H2,1-4H3,(H,22,23)/b20-11-. The highest BCUT2D eigenvalue weighted by atomic mass is 32.2. The minimum atomic E-state index is -3.78. The summed E-state index contributed by atoms with van der Waals surface area (Å²) in [6.45, 7) is 6.95. The number of nitrogens with one attached hydrogen (secondary N) is 2. The molecule has 7 heteroatoms. The highest BCUT2D eigenvalue weighted by molar-refractivity contribution is 7.89. The Morgan fingerprint density at radius 1 is 1.04 bits per heavy atom. The lowest BCUT2D eigenvalue weighted by molar-refractivity contribution is -0.119. The van der Waals surface area contributed by atoms with Gasteiger partial charge in [-0.1, -0.05) is 47.5 Å². The summed E-state index contributed by atoms with van der Waals surface area (Å²) < 4.78 is 27.3. The van der Waals surface area contributed by atoms with E-state index in [0.717, 1.165) is 16.7 Å². The predicted octanol–water partition coefficient (Wildman–Crippen LogP) is 2.35. The zero-order valence-corrected chi connectivity index (χ0v) is 16.1. The van der Waals surface area contributed by atoms with E-state index in [2.05, 4.69) is 15.2 Å². The summed E-state index contributed by atoms with van der Waals surface area (Å²) >= 11 is 0. The van der Waals surface area contributed by atoms with Crippen molar-refractivity contribution in [3.05, 3.63) is 64.2 Å². The van der Waals surface area contributed by atoms with E-state index in [-0.39, 0.29) is 11.4 Å². The number of sulfonamides is 1. The molecule has 0 heterocycles. The number of aryl methyl sites for hydroxylation is 4. The lowest BCUT2D eigenvalue weighted by Gasteiger charge is -2.12. The maximum atomic E-state index is 12.5. The Bertz CT molecular complexity index is 927.